The van der Waals surface area contributed by atoms with Crippen LogP contribution in [0, 0.1) is 0 Å². The molecule has 2 aliphatic rings. The van der Waals surface area contributed by atoms with E-state index >= 15 is 0 Å². The Labute approximate surface area is 122 Å². The highest BCUT2D eigenvalue weighted by Gasteiger charge is 2.24. The van der Waals surface area contributed by atoms with E-state index in [9.17, 15) is 0 Å². The molecule has 2 unspecified atom stereocenters. The van der Waals surface area contributed by atoms with Gasteiger partial charge in [-0.15, -0.1) is 0 Å². The minimum Gasteiger partial charge on any atom is -0.377 e. The van der Waals surface area contributed by atoms with Crippen molar-refractivity contribution in [2.75, 3.05) is 32.8 Å². The quantitative estimate of drug-likeness (QED) is 0.892. The fraction of sp³-hybridized carbons (Fsp3) is 0.647. The van der Waals surface area contributed by atoms with Gasteiger partial charge in [0.1, 0.15) is 0 Å². The Hall–Kier alpha value is -0.900. The third kappa shape index (κ3) is 3.22. The van der Waals surface area contributed by atoms with Crippen LogP contribution in [0.4, 0.5) is 0 Å². The molecule has 3 nitrogen and oxygen atoms in total. The van der Waals surface area contributed by atoms with Crippen LogP contribution in [0.25, 0.3) is 0 Å². The van der Waals surface area contributed by atoms with Crippen LogP contribution in [0.15, 0.2) is 24.3 Å². The van der Waals surface area contributed by atoms with Gasteiger partial charge in [-0.3, -0.25) is 0 Å². The summed E-state index contributed by atoms with van der Waals surface area (Å²) in [5, 5.41) is 3.56. The molecular formula is C17H26N2O. The van der Waals surface area contributed by atoms with Crippen molar-refractivity contribution < 1.29 is 4.74 Å². The van der Waals surface area contributed by atoms with Gasteiger partial charge in [-0.1, -0.05) is 31.2 Å². The summed E-state index contributed by atoms with van der Waals surface area (Å²) in [5.74, 6) is 0.612. The maximum absolute atomic E-state index is 5.79. The average Bonchev–Trinajstić information content (AvgIpc) is 3.00. The van der Waals surface area contributed by atoms with E-state index in [2.05, 4.69) is 41.4 Å². The van der Waals surface area contributed by atoms with Gasteiger partial charge in [0, 0.05) is 38.7 Å². The molecule has 2 aliphatic heterocycles. The molecule has 110 valence electrons. The lowest BCUT2D eigenvalue weighted by atomic mass is 9.90. The average molecular weight is 274 g/mol. The maximum atomic E-state index is 5.79. The first kappa shape index (κ1) is 14.1. The first-order valence-corrected chi connectivity index (χ1v) is 7.99. The number of rotatable bonds is 5. The van der Waals surface area contributed by atoms with Crippen molar-refractivity contribution in [3.05, 3.63) is 35.4 Å². The van der Waals surface area contributed by atoms with Crippen LogP contribution in [0.1, 0.15) is 36.8 Å². The van der Waals surface area contributed by atoms with Crippen molar-refractivity contribution in [2.24, 2.45) is 0 Å². The van der Waals surface area contributed by atoms with Crippen LogP contribution in [0.2, 0.25) is 0 Å². The third-order valence-electron chi connectivity index (χ3n) is 4.61. The van der Waals surface area contributed by atoms with Gasteiger partial charge in [0.2, 0.25) is 0 Å². The monoisotopic (exact) mass is 274 g/mol. The second-order valence-corrected chi connectivity index (χ2v) is 6.01. The summed E-state index contributed by atoms with van der Waals surface area (Å²) < 4.78 is 5.79. The zero-order valence-corrected chi connectivity index (χ0v) is 12.5. The molecule has 1 aromatic rings. The number of benzene rings is 1. The number of fused-ring (bicyclic) bond motifs is 1. The molecular weight excluding hydrogens is 248 g/mol. The van der Waals surface area contributed by atoms with Gasteiger partial charge in [0.05, 0.1) is 6.10 Å². The molecule has 0 aliphatic carbocycles. The number of hydrogen-bond donors (Lipinski definition) is 1. The van der Waals surface area contributed by atoms with Crippen molar-refractivity contribution in [3.63, 3.8) is 0 Å². The van der Waals surface area contributed by atoms with E-state index in [-0.39, 0.29) is 0 Å². The van der Waals surface area contributed by atoms with Crippen molar-refractivity contribution in [2.45, 2.75) is 38.3 Å². The van der Waals surface area contributed by atoms with Gasteiger partial charge in [0.25, 0.3) is 0 Å². The van der Waals surface area contributed by atoms with Crippen LogP contribution in [-0.2, 0) is 11.3 Å². The smallest absolute Gasteiger partial charge is 0.0702 e. The number of hydrogen-bond acceptors (Lipinski definition) is 3. The van der Waals surface area contributed by atoms with Gasteiger partial charge < -0.3 is 15.0 Å². The number of nitrogens with zero attached hydrogens (tertiary/aromatic N) is 1. The first-order chi connectivity index (χ1) is 9.86. The van der Waals surface area contributed by atoms with Crippen LogP contribution in [0.5, 0.6) is 0 Å². The second kappa shape index (κ2) is 6.70. The van der Waals surface area contributed by atoms with Crippen molar-refractivity contribution in [1.29, 1.82) is 0 Å². The SMILES string of the molecule is CCN(CC1CCCO1)CC1CNCc2ccccc21. The lowest BCUT2D eigenvalue weighted by Gasteiger charge is -2.32. The Morgan fingerprint density at radius 2 is 2.20 bits per heavy atom. The lowest BCUT2D eigenvalue weighted by Crippen LogP contribution is -2.39. The number of nitrogens with one attached hydrogen (secondary N) is 1. The van der Waals surface area contributed by atoms with E-state index in [0.29, 0.717) is 12.0 Å². The summed E-state index contributed by atoms with van der Waals surface area (Å²) >= 11 is 0. The van der Waals surface area contributed by atoms with Gasteiger partial charge in [0.15, 0.2) is 0 Å². The molecule has 0 spiro atoms. The van der Waals surface area contributed by atoms with E-state index in [1.807, 2.05) is 0 Å². The van der Waals surface area contributed by atoms with Gasteiger partial charge >= 0.3 is 0 Å². The number of likely N-dealkylation sites (N-methyl/N-ethyl adjacent to an activating group) is 1. The van der Waals surface area contributed by atoms with Crippen LogP contribution in [-0.4, -0.2) is 43.8 Å². The summed E-state index contributed by atoms with van der Waals surface area (Å²) in [4.78, 5) is 2.56. The molecule has 1 N–H and O–H groups in total. The molecule has 1 aromatic carbocycles. The molecule has 3 heteroatoms. The van der Waals surface area contributed by atoms with E-state index in [1.165, 1.54) is 24.0 Å². The van der Waals surface area contributed by atoms with Crippen molar-refractivity contribution in [3.8, 4) is 0 Å². The summed E-state index contributed by atoms with van der Waals surface area (Å²) in [6.07, 6.45) is 2.92. The van der Waals surface area contributed by atoms with Gasteiger partial charge in [-0.05, 0) is 30.5 Å². The molecule has 0 radical (unpaired) electrons. The lowest BCUT2D eigenvalue weighted by molar-refractivity contribution is 0.0724. The zero-order chi connectivity index (χ0) is 13.8. The Kier molecular flexibility index (Phi) is 4.71. The first-order valence-electron chi connectivity index (χ1n) is 7.99. The zero-order valence-electron chi connectivity index (χ0n) is 12.5. The predicted octanol–water partition coefficient (Wildman–Crippen LogP) is 2.37. The van der Waals surface area contributed by atoms with Crippen LogP contribution in [0.3, 0.4) is 0 Å². The Morgan fingerprint density at radius 1 is 1.30 bits per heavy atom. The minimum atomic E-state index is 0.460. The highest BCUT2D eigenvalue weighted by Crippen LogP contribution is 2.25. The highest BCUT2D eigenvalue weighted by molar-refractivity contribution is 5.32. The van der Waals surface area contributed by atoms with E-state index in [4.69, 9.17) is 4.74 Å². The summed E-state index contributed by atoms with van der Waals surface area (Å²) in [6.45, 7) is 8.67. The molecule has 1 fully saturated rings. The minimum absolute atomic E-state index is 0.460. The Balaban J connectivity index is 1.64. The van der Waals surface area contributed by atoms with Gasteiger partial charge in [-0.25, -0.2) is 0 Å². The molecule has 0 aromatic heterocycles. The largest absolute Gasteiger partial charge is 0.377 e. The highest BCUT2D eigenvalue weighted by atomic mass is 16.5. The number of ether oxygens (including phenoxy) is 1. The summed E-state index contributed by atoms with van der Waals surface area (Å²) in [5.41, 5.74) is 3.01. The van der Waals surface area contributed by atoms with Gasteiger partial charge in [-0.2, -0.15) is 0 Å². The molecule has 2 atom stereocenters. The summed E-state index contributed by atoms with van der Waals surface area (Å²) in [7, 11) is 0. The molecule has 2 heterocycles. The molecule has 1 saturated heterocycles. The fourth-order valence-corrected chi connectivity index (χ4v) is 3.47. The third-order valence-corrected chi connectivity index (χ3v) is 4.61. The topological polar surface area (TPSA) is 24.5 Å². The molecule has 0 bridgehead atoms. The molecule has 20 heavy (non-hydrogen) atoms. The van der Waals surface area contributed by atoms with Crippen molar-refractivity contribution >= 4 is 0 Å². The molecule has 0 amide bonds. The van der Waals surface area contributed by atoms with Crippen molar-refractivity contribution in [1.82, 2.24) is 10.2 Å². The summed E-state index contributed by atoms with van der Waals surface area (Å²) in [6, 6.07) is 8.88. The predicted molar refractivity (Wildman–Crippen MR) is 82.0 cm³/mol. The normalized spacial score (nSPS) is 25.9. The molecule has 0 saturated carbocycles. The standard InChI is InChI=1S/C17H26N2O/c1-2-19(13-16-7-5-9-20-16)12-15-11-18-10-14-6-3-4-8-17(14)15/h3-4,6,8,15-16,18H,2,5,7,9-13H2,1H3. The second-order valence-electron chi connectivity index (χ2n) is 6.01. The van der Waals surface area contributed by atoms with E-state index in [1.54, 1.807) is 0 Å². The Bertz CT molecular complexity index is 429. The molecule has 3 rings (SSSR count). The Morgan fingerprint density at radius 3 is 3.00 bits per heavy atom. The maximum Gasteiger partial charge on any atom is 0.0702 e. The van der Waals surface area contributed by atoms with E-state index in [0.717, 1.165) is 39.3 Å². The van der Waals surface area contributed by atoms with E-state index < -0.39 is 0 Å². The fourth-order valence-electron chi connectivity index (χ4n) is 3.47. The van der Waals surface area contributed by atoms with Crippen LogP contribution < -0.4 is 5.32 Å². The van der Waals surface area contributed by atoms with Crippen LogP contribution >= 0.6 is 0 Å².